The molecule has 1 saturated heterocycles. The molecule has 0 spiro atoms. The van der Waals surface area contributed by atoms with Crippen molar-refractivity contribution < 1.29 is 9.53 Å². The van der Waals surface area contributed by atoms with Crippen molar-refractivity contribution in [2.24, 2.45) is 5.92 Å². The molecule has 0 aromatic heterocycles. The molecule has 4 nitrogen and oxygen atoms in total. The fraction of sp³-hybridized carbons (Fsp3) is 0.562. The minimum atomic E-state index is -0.0430. The number of para-hydroxylation sites is 1. The van der Waals surface area contributed by atoms with Gasteiger partial charge in [0.2, 0.25) is 0 Å². The highest BCUT2D eigenvalue weighted by Crippen LogP contribution is 2.22. The lowest BCUT2D eigenvalue weighted by atomic mass is 10.1. The second-order valence-corrected chi connectivity index (χ2v) is 5.51. The van der Waals surface area contributed by atoms with E-state index in [0.29, 0.717) is 5.92 Å². The van der Waals surface area contributed by atoms with Crippen LogP contribution in [-0.2, 0) is 4.79 Å². The molecule has 2 N–H and O–H groups in total. The molecule has 1 aromatic rings. The summed E-state index contributed by atoms with van der Waals surface area (Å²) in [4.78, 5) is 11.8. The molecule has 1 aliphatic rings. The largest absolute Gasteiger partial charge is 0.483 e. The fourth-order valence-electron chi connectivity index (χ4n) is 2.59. The molecule has 0 aliphatic carbocycles. The van der Waals surface area contributed by atoms with Gasteiger partial charge < -0.3 is 15.4 Å². The third-order valence-electron chi connectivity index (χ3n) is 3.79. The van der Waals surface area contributed by atoms with E-state index in [1.165, 1.54) is 6.42 Å². The molecular weight excluding hydrogens is 288 g/mol. The monoisotopic (exact) mass is 312 g/mol. The predicted octanol–water partition coefficient (Wildman–Crippen LogP) is 2.22. The van der Waals surface area contributed by atoms with E-state index in [-0.39, 0.29) is 24.9 Å². The highest BCUT2D eigenvalue weighted by atomic mass is 35.5. The molecule has 0 saturated carbocycles. The second-order valence-electron chi connectivity index (χ2n) is 5.51. The number of carbonyl (C=O) groups is 1. The third-order valence-corrected chi connectivity index (χ3v) is 3.79. The van der Waals surface area contributed by atoms with Gasteiger partial charge in [0.25, 0.3) is 5.91 Å². The molecule has 1 fully saturated rings. The molecular formula is C16H25ClN2O2. The summed E-state index contributed by atoms with van der Waals surface area (Å²) in [6.45, 7) is 7.00. The first-order valence-electron chi connectivity index (χ1n) is 7.33. The van der Waals surface area contributed by atoms with E-state index in [1.54, 1.807) is 0 Å². The summed E-state index contributed by atoms with van der Waals surface area (Å²) in [5, 5.41) is 6.26. The molecule has 1 aliphatic heterocycles. The number of nitrogens with one attached hydrogen (secondary N) is 2. The molecule has 21 heavy (non-hydrogen) atoms. The van der Waals surface area contributed by atoms with Crippen molar-refractivity contribution in [1.29, 1.82) is 0 Å². The van der Waals surface area contributed by atoms with Gasteiger partial charge in [0.05, 0.1) is 0 Å². The van der Waals surface area contributed by atoms with Crippen molar-refractivity contribution >= 4 is 18.3 Å². The van der Waals surface area contributed by atoms with Gasteiger partial charge in [-0.1, -0.05) is 18.2 Å². The zero-order valence-corrected chi connectivity index (χ0v) is 13.6. The first kappa shape index (κ1) is 17.8. The van der Waals surface area contributed by atoms with E-state index in [1.807, 2.05) is 32.0 Å². The summed E-state index contributed by atoms with van der Waals surface area (Å²) >= 11 is 0. The van der Waals surface area contributed by atoms with Crippen molar-refractivity contribution in [2.45, 2.75) is 26.7 Å². The van der Waals surface area contributed by atoms with E-state index in [9.17, 15) is 4.79 Å². The van der Waals surface area contributed by atoms with Gasteiger partial charge in [0.1, 0.15) is 5.75 Å². The van der Waals surface area contributed by atoms with Gasteiger partial charge in [-0.05, 0) is 56.8 Å². The van der Waals surface area contributed by atoms with E-state index >= 15 is 0 Å². The lowest BCUT2D eigenvalue weighted by Crippen LogP contribution is -2.31. The van der Waals surface area contributed by atoms with Crippen LogP contribution in [0, 0.1) is 19.8 Å². The van der Waals surface area contributed by atoms with Crippen molar-refractivity contribution in [3.63, 3.8) is 0 Å². The number of carbonyl (C=O) groups excluding carboxylic acids is 1. The number of aryl methyl sites for hydroxylation is 2. The maximum Gasteiger partial charge on any atom is 0.257 e. The minimum Gasteiger partial charge on any atom is -0.483 e. The Morgan fingerprint density at radius 3 is 2.71 bits per heavy atom. The van der Waals surface area contributed by atoms with Crippen LogP contribution in [0.3, 0.4) is 0 Å². The Kier molecular flexibility index (Phi) is 7.54. The van der Waals surface area contributed by atoms with Crippen molar-refractivity contribution in [3.8, 4) is 5.75 Å². The standard InChI is InChI=1S/C16H24N2O2.ClH/c1-12-4-3-5-13(2)16(12)20-11-15(19)18-9-7-14-6-8-17-10-14;/h3-5,14,17H,6-11H2,1-2H3,(H,18,19);1H. The first-order valence-corrected chi connectivity index (χ1v) is 7.33. The fourth-order valence-corrected chi connectivity index (χ4v) is 2.59. The lowest BCUT2D eigenvalue weighted by molar-refractivity contribution is -0.123. The average Bonchev–Trinajstić information content (AvgIpc) is 2.91. The van der Waals surface area contributed by atoms with Gasteiger partial charge in [-0.25, -0.2) is 0 Å². The Morgan fingerprint density at radius 2 is 2.10 bits per heavy atom. The van der Waals surface area contributed by atoms with Gasteiger partial charge in [0.15, 0.2) is 6.61 Å². The van der Waals surface area contributed by atoms with Crippen LogP contribution in [0.5, 0.6) is 5.75 Å². The quantitative estimate of drug-likeness (QED) is 0.847. The van der Waals surface area contributed by atoms with Crippen LogP contribution < -0.4 is 15.4 Å². The minimum absolute atomic E-state index is 0. The highest BCUT2D eigenvalue weighted by molar-refractivity contribution is 5.85. The number of hydrogen-bond acceptors (Lipinski definition) is 3. The first-order chi connectivity index (χ1) is 9.66. The zero-order chi connectivity index (χ0) is 14.4. The normalized spacial score (nSPS) is 17.1. The van der Waals surface area contributed by atoms with E-state index in [4.69, 9.17) is 4.74 Å². The molecule has 1 aromatic carbocycles. The summed E-state index contributed by atoms with van der Waals surface area (Å²) < 4.78 is 5.63. The van der Waals surface area contributed by atoms with E-state index in [0.717, 1.165) is 42.9 Å². The smallest absolute Gasteiger partial charge is 0.257 e. The highest BCUT2D eigenvalue weighted by Gasteiger charge is 2.14. The summed E-state index contributed by atoms with van der Waals surface area (Å²) in [5.74, 6) is 1.48. The van der Waals surface area contributed by atoms with Crippen molar-refractivity contribution in [2.75, 3.05) is 26.2 Å². The predicted molar refractivity (Wildman–Crippen MR) is 87.3 cm³/mol. The van der Waals surface area contributed by atoms with Crippen LogP contribution in [0.15, 0.2) is 18.2 Å². The van der Waals surface area contributed by atoms with Gasteiger partial charge in [0, 0.05) is 6.54 Å². The summed E-state index contributed by atoms with van der Waals surface area (Å²) in [7, 11) is 0. The third kappa shape index (κ3) is 5.56. The van der Waals surface area contributed by atoms with Gasteiger partial charge in [-0.2, -0.15) is 0 Å². The number of amides is 1. The number of hydrogen-bond donors (Lipinski definition) is 2. The van der Waals surface area contributed by atoms with Crippen LogP contribution in [0.4, 0.5) is 0 Å². The Hall–Kier alpha value is -1.26. The van der Waals surface area contributed by atoms with E-state index in [2.05, 4.69) is 10.6 Å². The molecule has 1 atom stereocenters. The van der Waals surface area contributed by atoms with Crippen LogP contribution >= 0.6 is 12.4 Å². The number of halogens is 1. The second kappa shape index (κ2) is 8.90. The van der Waals surface area contributed by atoms with Gasteiger partial charge in [-0.15, -0.1) is 12.4 Å². The molecule has 0 radical (unpaired) electrons. The van der Waals surface area contributed by atoms with Crippen LogP contribution in [0.25, 0.3) is 0 Å². The number of ether oxygens (including phenoxy) is 1. The maximum atomic E-state index is 11.8. The Bertz CT molecular complexity index is 439. The number of rotatable bonds is 6. The number of benzene rings is 1. The Balaban J connectivity index is 0.00000220. The van der Waals surface area contributed by atoms with Crippen LogP contribution in [0.1, 0.15) is 24.0 Å². The SMILES string of the molecule is Cc1cccc(C)c1OCC(=O)NCCC1CCNC1.Cl. The Morgan fingerprint density at radius 1 is 1.38 bits per heavy atom. The molecule has 1 amide bonds. The maximum absolute atomic E-state index is 11.8. The van der Waals surface area contributed by atoms with Crippen molar-refractivity contribution in [3.05, 3.63) is 29.3 Å². The average molecular weight is 313 g/mol. The molecule has 118 valence electrons. The zero-order valence-electron chi connectivity index (χ0n) is 12.8. The molecule has 1 unspecified atom stereocenters. The van der Waals surface area contributed by atoms with Gasteiger partial charge >= 0.3 is 0 Å². The summed E-state index contributed by atoms with van der Waals surface area (Å²) in [5.41, 5.74) is 2.13. The summed E-state index contributed by atoms with van der Waals surface area (Å²) in [6, 6.07) is 5.98. The molecule has 5 heteroatoms. The molecule has 2 rings (SSSR count). The van der Waals surface area contributed by atoms with Crippen molar-refractivity contribution in [1.82, 2.24) is 10.6 Å². The van der Waals surface area contributed by atoms with E-state index < -0.39 is 0 Å². The van der Waals surface area contributed by atoms with Gasteiger partial charge in [-0.3, -0.25) is 4.79 Å². The molecule has 0 bridgehead atoms. The summed E-state index contributed by atoms with van der Waals surface area (Å²) in [6.07, 6.45) is 2.26. The topological polar surface area (TPSA) is 50.4 Å². The Labute approximate surface area is 133 Å². The molecule has 1 heterocycles. The lowest BCUT2D eigenvalue weighted by Gasteiger charge is -2.13. The van der Waals surface area contributed by atoms with Crippen LogP contribution in [-0.4, -0.2) is 32.1 Å². The van der Waals surface area contributed by atoms with Crippen LogP contribution in [0.2, 0.25) is 0 Å².